The molecule has 0 unspecified atom stereocenters. The van der Waals surface area contributed by atoms with E-state index in [-0.39, 0.29) is 11.5 Å². The summed E-state index contributed by atoms with van der Waals surface area (Å²) in [7, 11) is 0. The van der Waals surface area contributed by atoms with E-state index in [2.05, 4.69) is 32.1 Å². The topological polar surface area (TPSA) is 100 Å². The number of hydrogen-bond donors (Lipinski definition) is 1. The maximum atomic E-state index is 11.7. The van der Waals surface area contributed by atoms with Crippen molar-refractivity contribution < 1.29 is 4.92 Å². The highest BCUT2D eigenvalue weighted by molar-refractivity contribution is 5.73. The van der Waals surface area contributed by atoms with Gasteiger partial charge in [-0.15, -0.1) is 0 Å². The first-order valence-corrected chi connectivity index (χ1v) is 8.25. The van der Waals surface area contributed by atoms with Gasteiger partial charge in [-0.25, -0.2) is 15.0 Å². The summed E-state index contributed by atoms with van der Waals surface area (Å²) >= 11 is 0. The van der Waals surface area contributed by atoms with Gasteiger partial charge in [-0.2, -0.15) is 0 Å². The molecule has 2 aromatic rings. The molecule has 25 heavy (non-hydrogen) atoms. The maximum absolute atomic E-state index is 11.7. The SMILES string of the molecule is CCN1CCN(c2ncnc(Nc3cc(C)ccn3)c2[N+](=O)[O-])CC1. The number of hydrogen-bond acceptors (Lipinski definition) is 8. The number of nitrogens with zero attached hydrogens (tertiary/aromatic N) is 6. The van der Waals surface area contributed by atoms with Crippen molar-refractivity contribution in [2.24, 2.45) is 0 Å². The van der Waals surface area contributed by atoms with Crippen LogP contribution in [0.5, 0.6) is 0 Å². The first-order valence-electron chi connectivity index (χ1n) is 8.25. The van der Waals surface area contributed by atoms with Crippen molar-refractivity contribution in [2.45, 2.75) is 13.8 Å². The van der Waals surface area contributed by atoms with Crippen LogP contribution in [0.4, 0.5) is 23.1 Å². The van der Waals surface area contributed by atoms with Gasteiger partial charge in [0.2, 0.25) is 11.6 Å². The second-order valence-electron chi connectivity index (χ2n) is 5.92. The van der Waals surface area contributed by atoms with Crippen LogP contribution in [-0.2, 0) is 0 Å². The van der Waals surface area contributed by atoms with Gasteiger partial charge in [-0.3, -0.25) is 10.1 Å². The van der Waals surface area contributed by atoms with Crippen LogP contribution in [0.3, 0.4) is 0 Å². The largest absolute Gasteiger partial charge is 0.353 e. The molecule has 0 atom stereocenters. The molecule has 0 amide bonds. The molecule has 3 rings (SSSR count). The van der Waals surface area contributed by atoms with Gasteiger partial charge < -0.3 is 15.1 Å². The van der Waals surface area contributed by atoms with Crippen molar-refractivity contribution in [3.63, 3.8) is 0 Å². The highest BCUT2D eigenvalue weighted by Gasteiger charge is 2.29. The molecule has 1 saturated heterocycles. The average molecular weight is 343 g/mol. The van der Waals surface area contributed by atoms with Crippen molar-refractivity contribution in [3.05, 3.63) is 40.3 Å². The van der Waals surface area contributed by atoms with Gasteiger partial charge in [-0.05, 0) is 31.2 Å². The fraction of sp³-hybridized carbons (Fsp3) is 0.438. The van der Waals surface area contributed by atoms with Crippen molar-refractivity contribution in [1.29, 1.82) is 0 Å². The van der Waals surface area contributed by atoms with Gasteiger partial charge in [0.05, 0.1) is 4.92 Å². The molecule has 0 saturated carbocycles. The second kappa shape index (κ2) is 7.39. The third-order valence-electron chi connectivity index (χ3n) is 4.27. The van der Waals surface area contributed by atoms with E-state index in [0.717, 1.165) is 25.2 Å². The predicted octanol–water partition coefficient (Wildman–Crippen LogP) is 1.97. The average Bonchev–Trinajstić information content (AvgIpc) is 2.61. The number of piperazine rings is 1. The van der Waals surface area contributed by atoms with Crippen LogP contribution in [0.2, 0.25) is 0 Å². The molecule has 0 spiro atoms. The van der Waals surface area contributed by atoms with Gasteiger partial charge in [0, 0.05) is 32.4 Å². The Labute approximate surface area is 145 Å². The van der Waals surface area contributed by atoms with E-state index < -0.39 is 4.92 Å². The van der Waals surface area contributed by atoms with Gasteiger partial charge in [-0.1, -0.05) is 6.92 Å². The molecule has 2 aromatic heterocycles. The Morgan fingerprint density at radius 2 is 2.00 bits per heavy atom. The van der Waals surface area contributed by atoms with E-state index in [4.69, 9.17) is 0 Å². The lowest BCUT2D eigenvalue weighted by atomic mass is 10.3. The van der Waals surface area contributed by atoms with Crippen molar-refractivity contribution in [2.75, 3.05) is 42.9 Å². The fourth-order valence-corrected chi connectivity index (χ4v) is 2.86. The molecule has 3 heterocycles. The van der Waals surface area contributed by atoms with E-state index in [0.29, 0.717) is 24.7 Å². The van der Waals surface area contributed by atoms with Crippen LogP contribution in [0, 0.1) is 17.0 Å². The summed E-state index contributed by atoms with van der Waals surface area (Å²) in [5.41, 5.74) is 0.890. The summed E-state index contributed by atoms with van der Waals surface area (Å²) in [6.07, 6.45) is 3.00. The standard InChI is InChI=1S/C16H21N7O2/c1-3-21-6-8-22(9-7-21)16-14(23(24)25)15(18-11-19-16)20-13-10-12(2)4-5-17-13/h4-5,10-11H,3,6-9H2,1-2H3,(H,17,18,19,20). The summed E-state index contributed by atoms with van der Waals surface area (Å²) in [5, 5.41) is 14.6. The zero-order valence-corrected chi connectivity index (χ0v) is 14.3. The summed E-state index contributed by atoms with van der Waals surface area (Å²) in [4.78, 5) is 28.0. The first-order chi connectivity index (χ1) is 12.1. The summed E-state index contributed by atoms with van der Waals surface area (Å²) in [6, 6.07) is 3.67. The number of anilines is 3. The molecule has 9 heteroatoms. The van der Waals surface area contributed by atoms with Crippen LogP contribution >= 0.6 is 0 Å². The quantitative estimate of drug-likeness (QED) is 0.650. The number of pyridine rings is 1. The molecule has 1 fully saturated rings. The van der Waals surface area contributed by atoms with Crippen LogP contribution in [-0.4, -0.2) is 57.5 Å². The normalized spacial score (nSPS) is 15.2. The lowest BCUT2D eigenvalue weighted by molar-refractivity contribution is -0.383. The molecule has 1 N–H and O–H groups in total. The Morgan fingerprint density at radius 1 is 1.24 bits per heavy atom. The van der Waals surface area contributed by atoms with Crippen molar-refractivity contribution in [1.82, 2.24) is 19.9 Å². The summed E-state index contributed by atoms with van der Waals surface area (Å²) in [5.74, 6) is 1.03. The molecule has 9 nitrogen and oxygen atoms in total. The lowest BCUT2D eigenvalue weighted by Gasteiger charge is -2.34. The second-order valence-corrected chi connectivity index (χ2v) is 5.92. The van der Waals surface area contributed by atoms with Gasteiger partial charge in [0.25, 0.3) is 0 Å². The molecule has 132 valence electrons. The molecule has 0 aliphatic carbocycles. The Kier molecular flexibility index (Phi) is 5.03. The maximum Gasteiger partial charge on any atom is 0.353 e. The van der Waals surface area contributed by atoms with E-state index in [1.807, 2.05) is 24.0 Å². The van der Waals surface area contributed by atoms with Crippen LogP contribution in [0.1, 0.15) is 12.5 Å². The van der Waals surface area contributed by atoms with Crippen LogP contribution < -0.4 is 10.2 Å². The number of nitro groups is 1. The van der Waals surface area contributed by atoms with Crippen molar-refractivity contribution >= 4 is 23.1 Å². The molecular formula is C16H21N7O2. The number of nitrogens with one attached hydrogen (secondary N) is 1. The van der Waals surface area contributed by atoms with Gasteiger partial charge in [0.15, 0.2) is 0 Å². The highest BCUT2D eigenvalue weighted by atomic mass is 16.6. The van der Waals surface area contributed by atoms with E-state index in [9.17, 15) is 10.1 Å². The minimum atomic E-state index is -0.431. The number of aromatic nitrogens is 3. The van der Waals surface area contributed by atoms with Crippen LogP contribution in [0.25, 0.3) is 0 Å². The molecule has 0 aromatic carbocycles. The lowest BCUT2D eigenvalue weighted by Crippen LogP contribution is -2.46. The molecule has 1 aliphatic rings. The van der Waals surface area contributed by atoms with E-state index in [1.165, 1.54) is 6.33 Å². The molecule has 1 aliphatic heterocycles. The van der Waals surface area contributed by atoms with Gasteiger partial charge in [0.1, 0.15) is 12.1 Å². The molecular weight excluding hydrogens is 322 g/mol. The fourth-order valence-electron chi connectivity index (χ4n) is 2.86. The van der Waals surface area contributed by atoms with Gasteiger partial charge >= 0.3 is 5.69 Å². The summed E-state index contributed by atoms with van der Waals surface area (Å²) < 4.78 is 0. The first kappa shape index (κ1) is 17.0. The Hall–Kier alpha value is -2.81. The minimum absolute atomic E-state index is 0.115. The third-order valence-corrected chi connectivity index (χ3v) is 4.27. The smallest absolute Gasteiger partial charge is 0.348 e. The Balaban J connectivity index is 1.91. The van der Waals surface area contributed by atoms with Crippen molar-refractivity contribution in [3.8, 4) is 0 Å². The summed E-state index contributed by atoms with van der Waals surface area (Å²) in [6.45, 7) is 8.15. The Morgan fingerprint density at radius 3 is 2.64 bits per heavy atom. The zero-order chi connectivity index (χ0) is 17.8. The monoisotopic (exact) mass is 343 g/mol. The Bertz CT molecular complexity index is 760. The third kappa shape index (κ3) is 3.82. The zero-order valence-electron chi connectivity index (χ0n) is 14.3. The van der Waals surface area contributed by atoms with E-state index >= 15 is 0 Å². The number of rotatable bonds is 5. The van der Waals surface area contributed by atoms with E-state index in [1.54, 1.807) is 6.20 Å². The predicted molar refractivity (Wildman–Crippen MR) is 95.3 cm³/mol. The number of likely N-dealkylation sites (N-methyl/N-ethyl adjacent to an activating group) is 1. The number of aryl methyl sites for hydroxylation is 1. The molecule has 0 bridgehead atoms. The highest BCUT2D eigenvalue weighted by Crippen LogP contribution is 2.33. The van der Waals surface area contributed by atoms with Crippen LogP contribution in [0.15, 0.2) is 24.7 Å². The minimum Gasteiger partial charge on any atom is -0.348 e. The molecule has 0 radical (unpaired) electrons.